The van der Waals surface area contributed by atoms with Crippen molar-refractivity contribution in [1.29, 1.82) is 0 Å². The maximum Gasteiger partial charge on any atom is 0.334 e. The summed E-state index contributed by atoms with van der Waals surface area (Å²) in [6.07, 6.45) is 1.03. The normalized spacial score (nSPS) is 12.0. The van der Waals surface area contributed by atoms with Crippen LogP contribution in [0.4, 0.5) is 0 Å². The van der Waals surface area contributed by atoms with E-state index in [0.29, 0.717) is 0 Å². The molecule has 0 aliphatic carbocycles. The van der Waals surface area contributed by atoms with Crippen LogP contribution in [0.25, 0.3) is 0 Å². The minimum Gasteiger partial charge on any atom is -0.398 e. The van der Waals surface area contributed by atoms with E-state index in [4.69, 9.17) is 21.5 Å². The molecule has 0 spiro atoms. The number of hydrogen-bond donors (Lipinski definition) is 0. The van der Waals surface area contributed by atoms with Gasteiger partial charge < -0.3 is 8.85 Å². The fourth-order valence-corrected chi connectivity index (χ4v) is 2.48. The van der Waals surface area contributed by atoms with Gasteiger partial charge in [-0.1, -0.05) is 12.6 Å². The highest BCUT2D eigenvalue weighted by atomic mass is 32.1. The fourth-order valence-electron chi connectivity index (χ4n) is 0.681. The summed E-state index contributed by atoms with van der Waals surface area (Å²) in [6, 6.07) is 1.00. The molecule has 0 saturated heterocycles. The molecule has 0 aromatic heterocycles. The molecule has 0 bridgehead atoms. The van der Waals surface area contributed by atoms with Gasteiger partial charge in [-0.3, -0.25) is 0 Å². The first kappa shape index (κ1) is 10.5. The Morgan fingerprint density at radius 3 is 2.10 bits per heavy atom. The number of rotatable bonds is 5. The molecule has 0 N–H and O–H groups in total. The molecule has 1 radical (unpaired) electrons. The lowest BCUT2D eigenvalue weighted by atomic mass is 10.6. The van der Waals surface area contributed by atoms with Crippen LogP contribution in [0.15, 0.2) is 0 Å². The van der Waals surface area contributed by atoms with E-state index in [9.17, 15) is 0 Å². The molecule has 10 heavy (non-hydrogen) atoms. The van der Waals surface area contributed by atoms with Crippen molar-refractivity contribution >= 4 is 21.2 Å². The van der Waals surface area contributed by atoms with Crippen LogP contribution in [0.2, 0.25) is 12.6 Å². The monoisotopic (exact) mass is 179 g/mol. The van der Waals surface area contributed by atoms with E-state index in [2.05, 4.69) is 6.55 Å². The molecule has 0 heterocycles. The van der Waals surface area contributed by atoms with Crippen molar-refractivity contribution in [2.75, 3.05) is 20.0 Å². The minimum absolute atomic E-state index is 0.801. The zero-order valence-corrected chi connectivity index (χ0v) is 8.66. The SMILES string of the molecule is CO[Si](C)(CCC[S])OC. The van der Waals surface area contributed by atoms with Crippen molar-refractivity contribution in [2.45, 2.75) is 19.0 Å². The van der Waals surface area contributed by atoms with Gasteiger partial charge in [0, 0.05) is 20.0 Å². The summed E-state index contributed by atoms with van der Waals surface area (Å²) in [5.74, 6) is 0.801. The molecule has 0 atom stereocenters. The summed E-state index contributed by atoms with van der Waals surface area (Å²) in [5, 5.41) is 0. The van der Waals surface area contributed by atoms with Crippen LogP contribution < -0.4 is 0 Å². The highest BCUT2D eigenvalue weighted by Crippen LogP contribution is 2.13. The Morgan fingerprint density at radius 1 is 1.30 bits per heavy atom. The average molecular weight is 179 g/mol. The van der Waals surface area contributed by atoms with Crippen LogP contribution in [0.3, 0.4) is 0 Å². The van der Waals surface area contributed by atoms with Gasteiger partial charge in [-0.2, -0.15) is 0 Å². The van der Waals surface area contributed by atoms with Crippen LogP contribution in [0, 0.1) is 0 Å². The van der Waals surface area contributed by atoms with Gasteiger partial charge in [0.25, 0.3) is 0 Å². The van der Waals surface area contributed by atoms with Crippen LogP contribution in [0.5, 0.6) is 0 Å². The van der Waals surface area contributed by atoms with Gasteiger partial charge >= 0.3 is 8.56 Å². The van der Waals surface area contributed by atoms with E-state index in [1.54, 1.807) is 14.2 Å². The van der Waals surface area contributed by atoms with Gasteiger partial charge in [0.1, 0.15) is 0 Å². The maximum absolute atomic E-state index is 5.26. The summed E-state index contributed by atoms with van der Waals surface area (Å²) < 4.78 is 10.5. The summed E-state index contributed by atoms with van der Waals surface area (Å²) in [5.41, 5.74) is 0. The summed E-state index contributed by atoms with van der Waals surface area (Å²) in [7, 11) is 1.63. The van der Waals surface area contributed by atoms with Crippen molar-refractivity contribution in [3.63, 3.8) is 0 Å². The quantitative estimate of drug-likeness (QED) is 0.601. The third-order valence-corrected chi connectivity index (χ3v) is 4.92. The van der Waals surface area contributed by atoms with Crippen molar-refractivity contribution in [3.8, 4) is 0 Å². The predicted octanol–water partition coefficient (Wildman–Crippen LogP) is 1.94. The molecule has 0 aromatic rings. The standard InChI is InChI=1S/C6H15O2SSi/c1-7-10(3,8-2)6-4-5-9/h4-6H2,1-3H3. The largest absolute Gasteiger partial charge is 0.398 e. The molecule has 0 saturated carbocycles. The van der Waals surface area contributed by atoms with Gasteiger partial charge in [-0.25, -0.2) is 0 Å². The first-order valence-electron chi connectivity index (χ1n) is 3.37. The maximum atomic E-state index is 5.26. The average Bonchev–Trinajstić information content (AvgIpc) is 2.00. The zero-order valence-electron chi connectivity index (χ0n) is 6.85. The summed E-state index contributed by atoms with van der Waals surface area (Å²) in [4.78, 5) is 0. The molecule has 2 nitrogen and oxygen atoms in total. The lowest BCUT2D eigenvalue weighted by Crippen LogP contribution is -2.35. The lowest BCUT2D eigenvalue weighted by molar-refractivity contribution is 0.249. The smallest absolute Gasteiger partial charge is 0.334 e. The first-order chi connectivity index (χ1) is 4.68. The van der Waals surface area contributed by atoms with Crippen molar-refractivity contribution in [1.82, 2.24) is 0 Å². The molecule has 0 aromatic carbocycles. The Hall–Kier alpha value is 0.487. The summed E-state index contributed by atoms with van der Waals surface area (Å²) in [6.45, 7) is 2.05. The van der Waals surface area contributed by atoms with Crippen molar-refractivity contribution in [3.05, 3.63) is 0 Å². The highest BCUT2D eigenvalue weighted by molar-refractivity contribution is 7.80. The third-order valence-electron chi connectivity index (χ3n) is 1.64. The lowest BCUT2D eigenvalue weighted by Gasteiger charge is -2.21. The van der Waals surface area contributed by atoms with Gasteiger partial charge in [-0.05, 0) is 19.0 Å². The number of hydrogen-bond acceptors (Lipinski definition) is 2. The van der Waals surface area contributed by atoms with Crippen LogP contribution in [0.1, 0.15) is 6.42 Å². The molecular formula is C6H15O2SSi. The third kappa shape index (κ3) is 3.61. The second-order valence-electron chi connectivity index (χ2n) is 2.35. The van der Waals surface area contributed by atoms with Crippen LogP contribution >= 0.6 is 12.6 Å². The van der Waals surface area contributed by atoms with E-state index in [1.165, 1.54) is 0 Å². The van der Waals surface area contributed by atoms with E-state index >= 15 is 0 Å². The second-order valence-corrected chi connectivity index (χ2v) is 6.34. The Balaban J connectivity index is 3.58. The van der Waals surface area contributed by atoms with Gasteiger partial charge in [0.15, 0.2) is 0 Å². The topological polar surface area (TPSA) is 18.5 Å². The van der Waals surface area contributed by atoms with E-state index in [-0.39, 0.29) is 0 Å². The van der Waals surface area contributed by atoms with Crippen LogP contribution in [-0.2, 0) is 8.85 Å². The molecule has 0 fully saturated rings. The molecule has 0 rings (SSSR count). The minimum atomic E-state index is -1.78. The van der Waals surface area contributed by atoms with E-state index < -0.39 is 8.56 Å². The molecular weight excluding hydrogens is 164 g/mol. The molecule has 0 aliphatic rings. The predicted molar refractivity (Wildman–Crippen MR) is 47.5 cm³/mol. The molecule has 0 unspecified atom stereocenters. The van der Waals surface area contributed by atoms with Crippen molar-refractivity contribution in [2.24, 2.45) is 0 Å². The fraction of sp³-hybridized carbons (Fsp3) is 1.00. The summed E-state index contributed by atoms with van der Waals surface area (Å²) >= 11 is 4.83. The Labute approximate surface area is 69.6 Å². The first-order valence-corrected chi connectivity index (χ1v) is 6.47. The van der Waals surface area contributed by atoms with Crippen LogP contribution in [-0.4, -0.2) is 28.5 Å². The van der Waals surface area contributed by atoms with Gasteiger partial charge in [-0.15, -0.1) is 0 Å². The zero-order chi connectivity index (χ0) is 8.04. The van der Waals surface area contributed by atoms with Crippen molar-refractivity contribution < 1.29 is 8.85 Å². The van der Waals surface area contributed by atoms with Gasteiger partial charge in [0.05, 0.1) is 0 Å². The molecule has 0 aliphatic heterocycles. The van der Waals surface area contributed by atoms with E-state index in [1.807, 2.05) is 0 Å². The highest BCUT2D eigenvalue weighted by Gasteiger charge is 2.27. The van der Waals surface area contributed by atoms with Gasteiger partial charge in [0.2, 0.25) is 0 Å². The molecule has 61 valence electrons. The molecule has 0 amide bonds. The Bertz CT molecular complexity index is 85.8. The van der Waals surface area contributed by atoms with E-state index in [0.717, 1.165) is 18.2 Å². The Morgan fingerprint density at radius 2 is 1.80 bits per heavy atom. The second kappa shape index (κ2) is 5.18. The molecule has 4 heteroatoms. The Kier molecular flexibility index (Phi) is 5.43.